The molecule has 6 nitrogen and oxygen atoms in total. The van der Waals surface area contributed by atoms with Gasteiger partial charge in [0.15, 0.2) is 11.0 Å². The van der Waals surface area contributed by atoms with Gasteiger partial charge in [0.1, 0.15) is 0 Å². The second kappa shape index (κ2) is 10.2. The van der Waals surface area contributed by atoms with Gasteiger partial charge in [0.2, 0.25) is 5.91 Å². The monoisotopic (exact) mass is 410 g/mol. The molecule has 29 heavy (non-hydrogen) atoms. The lowest BCUT2D eigenvalue weighted by molar-refractivity contribution is -0.119. The van der Waals surface area contributed by atoms with Gasteiger partial charge in [0, 0.05) is 12.7 Å². The van der Waals surface area contributed by atoms with Crippen LogP contribution in [0.4, 0.5) is 0 Å². The highest BCUT2D eigenvalue weighted by Gasteiger charge is 2.16. The highest BCUT2D eigenvalue weighted by Crippen LogP contribution is 2.25. The minimum atomic E-state index is -0.0430. The van der Waals surface area contributed by atoms with Gasteiger partial charge >= 0.3 is 0 Å². The largest absolute Gasteiger partial charge is 0.383 e. The lowest BCUT2D eigenvalue weighted by Crippen LogP contribution is -2.28. The molecule has 1 atom stereocenters. The molecule has 3 rings (SSSR count). The van der Waals surface area contributed by atoms with Crippen molar-refractivity contribution in [1.29, 1.82) is 0 Å². The Balaban J connectivity index is 1.69. The molecule has 1 heterocycles. The topological polar surface area (TPSA) is 69.0 Å². The van der Waals surface area contributed by atoms with E-state index in [0.29, 0.717) is 18.3 Å². The second-order valence-corrected chi connectivity index (χ2v) is 7.75. The van der Waals surface area contributed by atoms with Gasteiger partial charge in [-0.1, -0.05) is 65.9 Å². The molecule has 152 valence electrons. The summed E-state index contributed by atoms with van der Waals surface area (Å²) < 4.78 is 7.26. The number of nitrogens with zero attached hydrogens (tertiary/aromatic N) is 3. The first-order valence-electron chi connectivity index (χ1n) is 9.54. The first-order chi connectivity index (χ1) is 14.1. The number of hydrogen-bond acceptors (Lipinski definition) is 5. The third-order valence-corrected chi connectivity index (χ3v) is 5.49. The molecule has 0 bridgehead atoms. The summed E-state index contributed by atoms with van der Waals surface area (Å²) in [5, 5.41) is 12.4. The first kappa shape index (κ1) is 21.1. The van der Waals surface area contributed by atoms with Crippen LogP contribution in [0.15, 0.2) is 59.8 Å². The summed E-state index contributed by atoms with van der Waals surface area (Å²) in [5.74, 6) is 1.02. The number of carbonyl (C=O) groups excluding carboxylic acids is 1. The zero-order valence-electron chi connectivity index (χ0n) is 17.0. The molecule has 0 aliphatic heterocycles. The summed E-state index contributed by atoms with van der Waals surface area (Å²) in [6, 6.07) is 18.0. The number of nitrogens with one attached hydrogen (secondary N) is 1. The standard InChI is InChI=1S/C22H26N4O2S/c1-16-8-7-11-19(14-16)21-24-25-22(26(21)12-13-28-3)29-15-20(27)23-17(2)18-9-5-4-6-10-18/h4-11,14,17H,12-13,15H2,1-3H3,(H,23,27)/t17-/m0/s1. The van der Waals surface area contributed by atoms with Crippen molar-refractivity contribution in [2.75, 3.05) is 19.5 Å². The molecule has 1 N–H and O–H groups in total. The number of amides is 1. The third kappa shape index (κ3) is 5.68. The van der Waals surface area contributed by atoms with Crippen LogP contribution >= 0.6 is 11.8 Å². The average Bonchev–Trinajstić information content (AvgIpc) is 3.14. The Kier molecular flexibility index (Phi) is 7.43. The molecule has 2 aromatic carbocycles. The number of rotatable bonds is 9. The van der Waals surface area contributed by atoms with Crippen molar-refractivity contribution >= 4 is 17.7 Å². The summed E-state index contributed by atoms with van der Waals surface area (Å²) in [6.07, 6.45) is 0. The van der Waals surface area contributed by atoms with Crippen LogP contribution in [0.3, 0.4) is 0 Å². The number of thioether (sulfide) groups is 1. The number of methoxy groups -OCH3 is 1. The maximum absolute atomic E-state index is 12.4. The Bertz CT molecular complexity index is 943. The van der Waals surface area contributed by atoms with E-state index in [1.54, 1.807) is 7.11 Å². The highest BCUT2D eigenvalue weighted by molar-refractivity contribution is 7.99. The van der Waals surface area contributed by atoms with Crippen molar-refractivity contribution < 1.29 is 9.53 Å². The van der Waals surface area contributed by atoms with E-state index in [4.69, 9.17) is 4.74 Å². The molecule has 0 radical (unpaired) electrons. The fraction of sp³-hybridized carbons (Fsp3) is 0.318. The average molecular weight is 411 g/mol. The lowest BCUT2D eigenvalue weighted by atomic mass is 10.1. The number of aromatic nitrogens is 3. The Morgan fingerprint density at radius 2 is 1.97 bits per heavy atom. The van der Waals surface area contributed by atoms with Gasteiger partial charge in [-0.05, 0) is 25.5 Å². The predicted octanol–water partition coefficient (Wildman–Crippen LogP) is 3.87. The smallest absolute Gasteiger partial charge is 0.230 e. The summed E-state index contributed by atoms with van der Waals surface area (Å²) in [6.45, 7) is 5.20. The molecule has 0 spiro atoms. The molecule has 7 heteroatoms. The molecule has 0 saturated heterocycles. The molecule has 0 saturated carbocycles. The Labute approximate surface area is 175 Å². The number of benzene rings is 2. The van der Waals surface area contributed by atoms with E-state index in [-0.39, 0.29) is 17.7 Å². The first-order valence-corrected chi connectivity index (χ1v) is 10.5. The highest BCUT2D eigenvalue weighted by atomic mass is 32.2. The molecular formula is C22H26N4O2S. The summed E-state index contributed by atoms with van der Waals surface area (Å²) in [7, 11) is 1.67. The van der Waals surface area contributed by atoms with Crippen molar-refractivity contribution in [3.63, 3.8) is 0 Å². The van der Waals surface area contributed by atoms with Crippen LogP contribution in [0.1, 0.15) is 24.1 Å². The van der Waals surface area contributed by atoms with Gasteiger partial charge in [-0.3, -0.25) is 9.36 Å². The Morgan fingerprint density at radius 3 is 2.69 bits per heavy atom. The quantitative estimate of drug-likeness (QED) is 0.543. The van der Waals surface area contributed by atoms with E-state index in [1.807, 2.05) is 66.9 Å². The molecule has 1 amide bonds. The molecule has 0 aliphatic carbocycles. The predicted molar refractivity (Wildman–Crippen MR) is 116 cm³/mol. The molecular weight excluding hydrogens is 384 g/mol. The van der Waals surface area contributed by atoms with Gasteiger partial charge in [0.25, 0.3) is 0 Å². The fourth-order valence-electron chi connectivity index (χ4n) is 3.02. The molecule has 0 unspecified atom stereocenters. The number of aryl methyl sites for hydroxylation is 1. The maximum Gasteiger partial charge on any atom is 0.230 e. The van der Waals surface area contributed by atoms with Crippen LogP contribution in [0.2, 0.25) is 0 Å². The van der Waals surface area contributed by atoms with Gasteiger partial charge < -0.3 is 10.1 Å². The normalized spacial score (nSPS) is 12.0. The van der Waals surface area contributed by atoms with Gasteiger partial charge in [-0.25, -0.2) is 0 Å². The minimum Gasteiger partial charge on any atom is -0.383 e. The number of carbonyl (C=O) groups is 1. The lowest BCUT2D eigenvalue weighted by Gasteiger charge is -2.14. The molecule has 0 fully saturated rings. The van der Waals surface area contributed by atoms with E-state index in [2.05, 4.69) is 21.6 Å². The number of hydrogen-bond donors (Lipinski definition) is 1. The van der Waals surface area contributed by atoms with E-state index in [9.17, 15) is 4.79 Å². The third-order valence-electron chi connectivity index (χ3n) is 4.52. The Morgan fingerprint density at radius 1 is 1.17 bits per heavy atom. The Hall–Kier alpha value is -2.64. The van der Waals surface area contributed by atoms with E-state index < -0.39 is 0 Å². The van der Waals surface area contributed by atoms with Crippen LogP contribution in [0.5, 0.6) is 0 Å². The van der Waals surface area contributed by atoms with E-state index in [0.717, 1.165) is 22.5 Å². The van der Waals surface area contributed by atoms with Crippen LogP contribution < -0.4 is 5.32 Å². The maximum atomic E-state index is 12.4. The van der Waals surface area contributed by atoms with E-state index in [1.165, 1.54) is 11.8 Å². The van der Waals surface area contributed by atoms with Crippen molar-refractivity contribution in [1.82, 2.24) is 20.1 Å². The van der Waals surface area contributed by atoms with Crippen molar-refractivity contribution in [3.05, 3.63) is 65.7 Å². The van der Waals surface area contributed by atoms with Gasteiger partial charge in [-0.15, -0.1) is 10.2 Å². The second-order valence-electron chi connectivity index (χ2n) is 6.81. The minimum absolute atomic E-state index is 0.0373. The van der Waals surface area contributed by atoms with E-state index >= 15 is 0 Å². The fourth-order valence-corrected chi connectivity index (χ4v) is 3.79. The van der Waals surface area contributed by atoms with Crippen LogP contribution in [-0.2, 0) is 16.1 Å². The van der Waals surface area contributed by atoms with Crippen LogP contribution in [0, 0.1) is 6.92 Å². The van der Waals surface area contributed by atoms with Crippen molar-refractivity contribution in [3.8, 4) is 11.4 Å². The van der Waals surface area contributed by atoms with Gasteiger partial charge in [-0.2, -0.15) is 0 Å². The summed E-state index contributed by atoms with van der Waals surface area (Å²) >= 11 is 1.38. The van der Waals surface area contributed by atoms with Crippen LogP contribution in [0.25, 0.3) is 11.4 Å². The number of ether oxygens (including phenoxy) is 1. The SMILES string of the molecule is COCCn1c(SCC(=O)N[C@@H](C)c2ccccc2)nnc1-c1cccc(C)c1. The zero-order chi connectivity index (χ0) is 20.6. The molecule has 3 aromatic rings. The van der Waals surface area contributed by atoms with Gasteiger partial charge in [0.05, 0.1) is 24.9 Å². The summed E-state index contributed by atoms with van der Waals surface area (Å²) in [4.78, 5) is 12.4. The van der Waals surface area contributed by atoms with Crippen molar-refractivity contribution in [2.24, 2.45) is 0 Å². The summed E-state index contributed by atoms with van der Waals surface area (Å²) in [5.41, 5.74) is 3.24. The molecule has 1 aromatic heterocycles. The zero-order valence-corrected chi connectivity index (χ0v) is 17.8. The van der Waals surface area contributed by atoms with Crippen molar-refractivity contribution in [2.45, 2.75) is 31.6 Å². The molecule has 0 aliphatic rings. The van der Waals surface area contributed by atoms with Crippen LogP contribution in [-0.4, -0.2) is 40.1 Å².